The summed E-state index contributed by atoms with van der Waals surface area (Å²) in [6.45, 7) is 2.47. The second-order valence-corrected chi connectivity index (χ2v) is 9.13. The van der Waals surface area contributed by atoms with Crippen molar-refractivity contribution in [1.29, 1.82) is 0 Å². The van der Waals surface area contributed by atoms with Gasteiger partial charge in [0.1, 0.15) is 12.1 Å². The van der Waals surface area contributed by atoms with Gasteiger partial charge in [-0.25, -0.2) is 4.79 Å². The first-order valence-electron chi connectivity index (χ1n) is 11.5. The van der Waals surface area contributed by atoms with Crippen LogP contribution in [0.3, 0.4) is 0 Å². The van der Waals surface area contributed by atoms with Crippen LogP contribution in [0.15, 0.2) is 48.5 Å². The molecule has 1 fully saturated rings. The van der Waals surface area contributed by atoms with E-state index in [1.807, 2.05) is 31.2 Å². The average molecular weight is 451 g/mol. The Balaban J connectivity index is 1.33. The number of carboxylic acid groups (broad SMARTS) is 1. The van der Waals surface area contributed by atoms with Crippen molar-refractivity contribution < 1.29 is 24.2 Å². The van der Waals surface area contributed by atoms with Crippen molar-refractivity contribution in [2.24, 2.45) is 5.92 Å². The quantitative estimate of drug-likeness (QED) is 0.534. The molecule has 0 heterocycles. The Morgan fingerprint density at radius 2 is 1.67 bits per heavy atom. The zero-order chi connectivity index (χ0) is 23.4. The molecule has 0 aliphatic heterocycles. The molecule has 2 aromatic carbocycles. The summed E-state index contributed by atoms with van der Waals surface area (Å²) in [6, 6.07) is 16.3. The first-order chi connectivity index (χ1) is 15.9. The lowest BCUT2D eigenvalue weighted by molar-refractivity contribution is -0.137. The molecule has 2 aromatic rings. The van der Waals surface area contributed by atoms with Gasteiger partial charge in [0, 0.05) is 18.9 Å². The Morgan fingerprint density at radius 3 is 2.21 bits per heavy atom. The van der Waals surface area contributed by atoms with Crippen LogP contribution in [0.25, 0.3) is 11.1 Å². The topological polar surface area (TPSA) is 105 Å². The van der Waals surface area contributed by atoms with Crippen LogP contribution >= 0.6 is 0 Å². The molecule has 4 rings (SSSR count). The van der Waals surface area contributed by atoms with Gasteiger partial charge in [-0.15, -0.1) is 0 Å². The monoisotopic (exact) mass is 450 g/mol. The highest BCUT2D eigenvalue weighted by atomic mass is 16.5. The molecule has 2 aliphatic rings. The number of aliphatic carboxylic acids is 1. The number of carbonyl (C=O) groups excluding carboxylic acids is 2. The number of rotatable bonds is 9. The summed E-state index contributed by atoms with van der Waals surface area (Å²) in [6.07, 6.45) is 1.94. The Morgan fingerprint density at radius 1 is 1.06 bits per heavy atom. The molecular formula is C26H30N2O5. The molecule has 0 bridgehead atoms. The molecule has 1 unspecified atom stereocenters. The molecule has 2 aliphatic carbocycles. The Bertz CT molecular complexity index is 1000. The van der Waals surface area contributed by atoms with Crippen molar-refractivity contribution in [3.63, 3.8) is 0 Å². The predicted molar refractivity (Wildman–Crippen MR) is 124 cm³/mol. The lowest BCUT2D eigenvalue weighted by Crippen LogP contribution is -2.63. The minimum atomic E-state index is -0.949. The molecule has 0 aromatic heterocycles. The first kappa shape index (κ1) is 22.8. The van der Waals surface area contributed by atoms with Gasteiger partial charge in [0.15, 0.2) is 0 Å². The molecule has 0 spiro atoms. The third kappa shape index (κ3) is 4.87. The van der Waals surface area contributed by atoms with Gasteiger partial charge in [0.2, 0.25) is 5.91 Å². The van der Waals surface area contributed by atoms with Crippen LogP contribution in [0.4, 0.5) is 4.79 Å². The van der Waals surface area contributed by atoms with E-state index >= 15 is 0 Å². The highest BCUT2D eigenvalue weighted by Crippen LogP contribution is 2.44. The van der Waals surface area contributed by atoms with Gasteiger partial charge >= 0.3 is 12.1 Å². The molecule has 33 heavy (non-hydrogen) atoms. The standard InChI is InChI=1S/C26H30N2O5/c1-17(11-12-23(29)30)15-27-24(31)26(13-6-14-26)28-25(32)33-16-22-20-9-4-2-7-18(20)19-8-3-5-10-21(19)22/h2-5,7-10,17,22H,6,11-16H2,1H3,(H,27,31)(H,28,32)(H,29,30). The lowest BCUT2D eigenvalue weighted by atomic mass is 9.76. The molecule has 0 radical (unpaired) electrons. The fourth-order valence-electron chi connectivity index (χ4n) is 4.68. The van der Waals surface area contributed by atoms with Gasteiger partial charge < -0.3 is 20.5 Å². The number of amides is 2. The Kier molecular flexibility index (Phi) is 6.67. The van der Waals surface area contributed by atoms with Gasteiger partial charge in [0.25, 0.3) is 0 Å². The van der Waals surface area contributed by atoms with E-state index in [0.717, 1.165) is 28.7 Å². The molecule has 3 N–H and O–H groups in total. The van der Waals surface area contributed by atoms with Crippen LogP contribution in [0.5, 0.6) is 0 Å². The lowest BCUT2D eigenvalue weighted by Gasteiger charge is -2.40. The molecule has 0 saturated heterocycles. The number of alkyl carbamates (subject to hydrolysis) is 1. The van der Waals surface area contributed by atoms with E-state index in [4.69, 9.17) is 9.84 Å². The molecule has 1 atom stereocenters. The molecule has 2 amide bonds. The van der Waals surface area contributed by atoms with Crippen molar-refractivity contribution >= 4 is 18.0 Å². The first-order valence-corrected chi connectivity index (χ1v) is 11.5. The molecule has 174 valence electrons. The van der Waals surface area contributed by atoms with E-state index in [1.54, 1.807) is 0 Å². The summed E-state index contributed by atoms with van der Waals surface area (Å²) < 4.78 is 5.62. The smallest absolute Gasteiger partial charge is 0.408 e. The van der Waals surface area contributed by atoms with Crippen molar-refractivity contribution in [1.82, 2.24) is 10.6 Å². The molecular weight excluding hydrogens is 420 g/mol. The van der Waals surface area contributed by atoms with Crippen LogP contribution in [0.2, 0.25) is 0 Å². The van der Waals surface area contributed by atoms with E-state index in [1.165, 1.54) is 0 Å². The number of nitrogens with one attached hydrogen (secondary N) is 2. The minimum absolute atomic E-state index is 0.0376. The molecule has 7 heteroatoms. The van der Waals surface area contributed by atoms with E-state index < -0.39 is 17.6 Å². The summed E-state index contributed by atoms with van der Waals surface area (Å²) in [7, 11) is 0. The highest BCUT2D eigenvalue weighted by Gasteiger charge is 2.46. The summed E-state index contributed by atoms with van der Waals surface area (Å²) in [5.74, 6) is -1.08. The number of carbonyl (C=O) groups is 3. The van der Waals surface area contributed by atoms with Crippen molar-refractivity contribution in [2.45, 2.75) is 50.5 Å². The van der Waals surface area contributed by atoms with Gasteiger partial charge in [-0.3, -0.25) is 9.59 Å². The Labute approximate surface area is 193 Å². The van der Waals surface area contributed by atoms with E-state index in [2.05, 4.69) is 34.9 Å². The second-order valence-electron chi connectivity index (χ2n) is 9.13. The van der Waals surface area contributed by atoms with Crippen molar-refractivity contribution in [3.8, 4) is 11.1 Å². The normalized spacial score (nSPS) is 16.6. The largest absolute Gasteiger partial charge is 0.481 e. The van der Waals surface area contributed by atoms with Gasteiger partial charge in [-0.2, -0.15) is 0 Å². The maximum absolute atomic E-state index is 12.8. The van der Waals surface area contributed by atoms with E-state index in [0.29, 0.717) is 25.8 Å². The fraction of sp³-hybridized carbons (Fsp3) is 0.423. The second kappa shape index (κ2) is 9.65. The predicted octanol–water partition coefficient (Wildman–Crippen LogP) is 4.06. The summed E-state index contributed by atoms with van der Waals surface area (Å²) in [5.41, 5.74) is 3.65. The maximum atomic E-state index is 12.8. The van der Waals surface area contributed by atoms with Crippen molar-refractivity contribution in [2.75, 3.05) is 13.2 Å². The van der Waals surface area contributed by atoms with Gasteiger partial charge in [-0.1, -0.05) is 55.5 Å². The zero-order valence-electron chi connectivity index (χ0n) is 18.8. The summed E-state index contributed by atoms with van der Waals surface area (Å²) >= 11 is 0. The molecule has 1 saturated carbocycles. The van der Waals surface area contributed by atoms with Gasteiger partial charge in [-0.05, 0) is 53.9 Å². The van der Waals surface area contributed by atoms with E-state index in [-0.39, 0.29) is 30.8 Å². The highest BCUT2D eigenvalue weighted by molar-refractivity contribution is 5.91. The number of carboxylic acids is 1. The maximum Gasteiger partial charge on any atom is 0.408 e. The third-order valence-corrected chi connectivity index (χ3v) is 6.79. The number of fused-ring (bicyclic) bond motifs is 3. The SMILES string of the molecule is CC(CCC(=O)O)CNC(=O)C1(NC(=O)OCC2c3ccccc3-c3ccccc32)CCC1. The third-order valence-electron chi connectivity index (χ3n) is 6.79. The minimum Gasteiger partial charge on any atom is -0.481 e. The fourth-order valence-corrected chi connectivity index (χ4v) is 4.68. The number of benzene rings is 2. The number of hydrogen-bond donors (Lipinski definition) is 3. The number of ether oxygens (including phenoxy) is 1. The average Bonchev–Trinajstić information content (AvgIpc) is 3.11. The Hall–Kier alpha value is -3.35. The van der Waals surface area contributed by atoms with Crippen LogP contribution in [-0.2, 0) is 14.3 Å². The van der Waals surface area contributed by atoms with Crippen LogP contribution in [0, 0.1) is 5.92 Å². The van der Waals surface area contributed by atoms with Crippen LogP contribution in [0.1, 0.15) is 56.1 Å². The molecule has 7 nitrogen and oxygen atoms in total. The number of hydrogen-bond acceptors (Lipinski definition) is 4. The van der Waals surface area contributed by atoms with Crippen molar-refractivity contribution in [3.05, 3.63) is 59.7 Å². The summed E-state index contributed by atoms with van der Waals surface area (Å²) in [5, 5.41) is 14.5. The summed E-state index contributed by atoms with van der Waals surface area (Å²) in [4.78, 5) is 36.2. The van der Waals surface area contributed by atoms with Gasteiger partial charge in [0.05, 0.1) is 0 Å². The zero-order valence-corrected chi connectivity index (χ0v) is 18.8. The van der Waals surface area contributed by atoms with Crippen LogP contribution < -0.4 is 10.6 Å². The van der Waals surface area contributed by atoms with E-state index in [9.17, 15) is 14.4 Å². The van der Waals surface area contributed by atoms with Crippen LogP contribution in [-0.4, -0.2) is 41.8 Å².